The van der Waals surface area contributed by atoms with Crippen molar-refractivity contribution in [2.75, 3.05) is 6.54 Å². The number of carbonyl (C=O) groups is 1. The Balaban J connectivity index is 2.23. The summed E-state index contributed by atoms with van der Waals surface area (Å²) in [5.41, 5.74) is 5.43. The Labute approximate surface area is 95.9 Å². The zero-order valence-electron chi connectivity index (χ0n) is 9.78. The number of carbonyl (C=O) groups excluding carboxylic acids is 1. The lowest BCUT2D eigenvalue weighted by Crippen LogP contribution is -2.45. The highest BCUT2D eigenvalue weighted by atomic mass is 16.1. The van der Waals surface area contributed by atoms with Gasteiger partial charge in [-0.2, -0.15) is 0 Å². The van der Waals surface area contributed by atoms with Crippen LogP contribution in [0.1, 0.15) is 43.2 Å². The topological polar surface area (TPSA) is 60.9 Å². The van der Waals surface area contributed by atoms with Crippen LogP contribution in [0.15, 0.2) is 12.4 Å². The molecule has 0 saturated heterocycles. The molecule has 16 heavy (non-hydrogen) atoms. The first kappa shape index (κ1) is 11.3. The minimum absolute atomic E-state index is 0.139. The van der Waals surface area contributed by atoms with E-state index in [2.05, 4.69) is 11.9 Å². The first-order chi connectivity index (χ1) is 7.73. The summed E-state index contributed by atoms with van der Waals surface area (Å²) >= 11 is 0. The zero-order valence-corrected chi connectivity index (χ0v) is 9.78. The van der Waals surface area contributed by atoms with E-state index in [1.54, 1.807) is 6.20 Å². The maximum absolute atomic E-state index is 12.4. The van der Waals surface area contributed by atoms with Crippen LogP contribution in [-0.4, -0.2) is 21.9 Å². The monoisotopic (exact) mass is 221 g/mol. The second-order valence-corrected chi connectivity index (χ2v) is 4.61. The van der Waals surface area contributed by atoms with Crippen molar-refractivity contribution >= 4 is 5.78 Å². The van der Waals surface area contributed by atoms with Crippen molar-refractivity contribution in [1.29, 1.82) is 0 Å². The molecule has 2 N–H and O–H groups in total. The van der Waals surface area contributed by atoms with E-state index in [1.165, 1.54) is 0 Å². The van der Waals surface area contributed by atoms with Crippen LogP contribution in [0.3, 0.4) is 0 Å². The van der Waals surface area contributed by atoms with Gasteiger partial charge in [-0.3, -0.25) is 4.79 Å². The molecule has 1 aliphatic rings. The van der Waals surface area contributed by atoms with Crippen molar-refractivity contribution < 1.29 is 4.79 Å². The van der Waals surface area contributed by atoms with Gasteiger partial charge in [0.15, 0.2) is 5.82 Å². The van der Waals surface area contributed by atoms with E-state index in [9.17, 15) is 4.79 Å². The van der Waals surface area contributed by atoms with Gasteiger partial charge in [0.25, 0.3) is 0 Å². The fraction of sp³-hybridized carbons (Fsp3) is 0.667. The van der Waals surface area contributed by atoms with Crippen molar-refractivity contribution in [2.24, 2.45) is 11.1 Å². The molecule has 1 saturated carbocycles. The fourth-order valence-corrected chi connectivity index (χ4v) is 2.30. The molecule has 88 valence electrons. The summed E-state index contributed by atoms with van der Waals surface area (Å²) in [5, 5.41) is 0. The molecule has 0 bridgehead atoms. The van der Waals surface area contributed by atoms with Gasteiger partial charge in [-0.05, 0) is 19.3 Å². The number of nitrogens with two attached hydrogens (primary N) is 1. The van der Waals surface area contributed by atoms with E-state index in [1.807, 2.05) is 10.8 Å². The molecule has 2 rings (SSSR count). The predicted molar refractivity (Wildman–Crippen MR) is 62.2 cm³/mol. The summed E-state index contributed by atoms with van der Waals surface area (Å²) in [6.07, 6.45) is 7.53. The molecule has 0 aromatic carbocycles. The Morgan fingerprint density at radius 2 is 2.38 bits per heavy atom. The lowest BCUT2D eigenvalue weighted by atomic mass is 9.66. The van der Waals surface area contributed by atoms with Gasteiger partial charge in [0.2, 0.25) is 5.78 Å². The fourth-order valence-electron chi connectivity index (χ4n) is 2.30. The number of hydrogen-bond acceptors (Lipinski definition) is 3. The maximum atomic E-state index is 12.4. The highest BCUT2D eigenvalue weighted by Gasteiger charge is 2.44. The summed E-state index contributed by atoms with van der Waals surface area (Å²) in [5.74, 6) is 0.728. The quantitative estimate of drug-likeness (QED) is 0.768. The molecule has 1 aromatic heterocycles. The lowest BCUT2D eigenvalue weighted by Gasteiger charge is -2.38. The van der Waals surface area contributed by atoms with Crippen LogP contribution in [0.2, 0.25) is 0 Å². The Morgan fingerprint density at radius 3 is 2.88 bits per heavy atom. The van der Waals surface area contributed by atoms with Crippen molar-refractivity contribution in [2.45, 2.75) is 39.2 Å². The lowest BCUT2D eigenvalue weighted by molar-refractivity contribution is 0.0618. The molecule has 0 atom stereocenters. The molecule has 1 aromatic rings. The number of rotatable bonds is 5. The summed E-state index contributed by atoms with van der Waals surface area (Å²) in [7, 11) is 0. The number of aryl methyl sites for hydroxylation is 1. The Bertz CT molecular complexity index is 374. The standard InChI is InChI=1S/C12H19N3O/c1-2-7-15-8-6-14-11(15)10(16)12(9-13)4-3-5-12/h6,8H,2-5,7,9,13H2,1H3. The first-order valence-electron chi connectivity index (χ1n) is 5.99. The third-order valence-electron chi connectivity index (χ3n) is 3.57. The third kappa shape index (κ3) is 1.67. The van der Waals surface area contributed by atoms with E-state index >= 15 is 0 Å². The van der Waals surface area contributed by atoms with E-state index in [-0.39, 0.29) is 11.2 Å². The SMILES string of the molecule is CCCn1ccnc1C(=O)C1(CN)CCC1. The summed E-state index contributed by atoms with van der Waals surface area (Å²) in [6, 6.07) is 0. The van der Waals surface area contributed by atoms with E-state index in [4.69, 9.17) is 5.73 Å². The normalized spacial score (nSPS) is 18.1. The van der Waals surface area contributed by atoms with Gasteiger partial charge in [-0.1, -0.05) is 13.3 Å². The van der Waals surface area contributed by atoms with Gasteiger partial charge in [0.1, 0.15) is 0 Å². The molecule has 0 amide bonds. The smallest absolute Gasteiger partial charge is 0.205 e. The van der Waals surface area contributed by atoms with Crippen LogP contribution < -0.4 is 5.73 Å². The molecule has 1 aliphatic carbocycles. The number of imidazole rings is 1. The molecule has 1 heterocycles. The molecule has 0 aliphatic heterocycles. The van der Waals surface area contributed by atoms with Gasteiger partial charge in [-0.15, -0.1) is 0 Å². The van der Waals surface area contributed by atoms with Crippen LogP contribution in [0.5, 0.6) is 0 Å². The first-order valence-corrected chi connectivity index (χ1v) is 5.99. The van der Waals surface area contributed by atoms with Gasteiger partial charge >= 0.3 is 0 Å². The van der Waals surface area contributed by atoms with E-state index in [0.29, 0.717) is 12.4 Å². The Morgan fingerprint density at radius 1 is 1.62 bits per heavy atom. The third-order valence-corrected chi connectivity index (χ3v) is 3.57. The van der Waals surface area contributed by atoms with Gasteiger partial charge in [-0.25, -0.2) is 4.98 Å². The van der Waals surface area contributed by atoms with Crippen LogP contribution in [-0.2, 0) is 6.54 Å². The van der Waals surface area contributed by atoms with Crippen LogP contribution in [0, 0.1) is 5.41 Å². The van der Waals surface area contributed by atoms with E-state index in [0.717, 1.165) is 32.2 Å². The number of ketones is 1. The molecule has 0 radical (unpaired) electrons. The molecular formula is C12H19N3O. The molecule has 4 nitrogen and oxygen atoms in total. The minimum Gasteiger partial charge on any atom is -0.329 e. The van der Waals surface area contributed by atoms with Gasteiger partial charge in [0.05, 0.1) is 0 Å². The highest BCUT2D eigenvalue weighted by Crippen LogP contribution is 2.42. The van der Waals surface area contributed by atoms with Crippen molar-refractivity contribution in [1.82, 2.24) is 9.55 Å². The number of hydrogen-bond donors (Lipinski definition) is 1. The largest absolute Gasteiger partial charge is 0.329 e. The highest BCUT2D eigenvalue weighted by molar-refractivity contribution is 5.98. The van der Waals surface area contributed by atoms with E-state index < -0.39 is 0 Å². The molecule has 4 heteroatoms. The van der Waals surface area contributed by atoms with Crippen LogP contribution in [0.25, 0.3) is 0 Å². The summed E-state index contributed by atoms with van der Waals surface area (Å²) in [4.78, 5) is 16.6. The average Bonchev–Trinajstić information content (AvgIpc) is 2.65. The minimum atomic E-state index is -0.309. The summed E-state index contributed by atoms with van der Waals surface area (Å²) in [6.45, 7) is 3.39. The Hall–Kier alpha value is -1.16. The predicted octanol–water partition coefficient (Wildman–Crippen LogP) is 1.60. The number of aromatic nitrogens is 2. The van der Waals surface area contributed by atoms with Gasteiger partial charge < -0.3 is 10.3 Å². The van der Waals surface area contributed by atoms with Crippen LogP contribution in [0.4, 0.5) is 0 Å². The van der Waals surface area contributed by atoms with Crippen LogP contribution >= 0.6 is 0 Å². The maximum Gasteiger partial charge on any atom is 0.205 e. The Kier molecular flexibility index (Phi) is 3.10. The van der Waals surface area contributed by atoms with Crippen molar-refractivity contribution in [3.8, 4) is 0 Å². The van der Waals surface area contributed by atoms with Gasteiger partial charge in [0, 0.05) is 30.9 Å². The molecular weight excluding hydrogens is 202 g/mol. The number of nitrogens with zero attached hydrogens (tertiary/aromatic N) is 2. The van der Waals surface area contributed by atoms with Crippen molar-refractivity contribution in [3.05, 3.63) is 18.2 Å². The molecule has 0 spiro atoms. The average molecular weight is 221 g/mol. The second-order valence-electron chi connectivity index (χ2n) is 4.61. The van der Waals surface area contributed by atoms with Crippen molar-refractivity contribution in [3.63, 3.8) is 0 Å². The summed E-state index contributed by atoms with van der Waals surface area (Å²) < 4.78 is 1.94. The molecule has 1 fully saturated rings. The molecule has 0 unspecified atom stereocenters. The second kappa shape index (κ2) is 4.37. The number of Topliss-reactive ketones (excluding diaryl/α,β-unsaturated/α-hetero) is 1. The zero-order chi connectivity index (χ0) is 11.6.